The van der Waals surface area contributed by atoms with Crippen molar-refractivity contribution in [2.24, 2.45) is 10.9 Å². The Morgan fingerprint density at radius 1 is 0.811 bits per heavy atom. The lowest BCUT2D eigenvalue weighted by molar-refractivity contribution is 0.858. The summed E-state index contributed by atoms with van der Waals surface area (Å²) in [6.07, 6.45) is 4.65. The van der Waals surface area contributed by atoms with Gasteiger partial charge in [0.1, 0.15) is 0 Å². The molecule has 0 spiro atoms. The summed E-state index contributed by atoms with van der Waals surface area (Å²) in [5.74, 6) is 0.337. The lowest BCUT2D eigenvalue weighted by Gasteiger charge is -2.18. The van der Waals surface area contributed by atoms with Crippen molar-refractivity contribution in [3.05, 3.63) is 136 Å². The van der Waals surface area contributed by atoms with Crippen LogP contribution in [0.2, 0.25) is 0 Å². The lowest BCUT2D eigenvalue weighted by Crippen LogP contribution is -2.01. The summed E-state index contributed by atoms with van der Waals surface area (Å²) in [6, 6.07) is 32.1. The Morgan fingerprint density at radius 3 is 2.27 bits per heavy atom. The van der Waals surface area contributed by atoms with E-state index in [1.807, 2.05) is 0 Å². The molecule has 1 aliphatic rings. The molecule has 1 aliphatic heterocycles. The molecular weight excluding hydrogens is 448 g/mol. The van der Waals surface area contributed by atoms with Gasteiger partial charge in [-0.1, -0.05) is 105 Å². The normalized spacial score (nSPS) is 15.6. The maximum atomic E-state index is 5.16. The monoisotopic (exact) mass is 482 g/mol. The van der Waals surface area contributed by atoms with Gasteiger partial charge in [0.15, 0.2) is 0 Å². The van der Waals surface area contributed by atoms with Crippen molar-refractivity contribution in [2.45, 2.75) is 40.7 Å². The van der Waals surface area contributed by atoms with Gasteiger partial charge in [-0.2, -0.15) is 0 Å². The molecule has 0 saturated heterocycles. The highest BCUT2D eigenvalue weighted by molar-refractivity contribution is 6.13. The molecule has 0 N–H and O–H groups in total. The van der Waals surface area contributed by atoms with Crippen LogP contribution in [-0.4, -0.2) is 10.7 Å². The fourth-order valence-corrected chi connectivity index (χ4v) is 5.22. The average Bonchev–Trinajstić information content (AvgIpc) is 3.28. The van der Waals surface area contributed by atoms with E-state index < -0.39 is 0 Å². The molecule has 0 aliphatic carbocycles. The zero-order valence-electron chi connectivity index (χ0n) is 22.4. The Morgan fingerprint density at radius 2 is 1.51 bits per heavy atom. The fraction of sp³-hybridized carbons (Fsp3) is 0.200. The number of aromatic nitrogens is 1. The highest BCUT2D eigenvalue weighted by Crippen LogP contribution is 2.37. The van der Waals surface area contributed by atoms with Gasteiger partial charge in [-0.3, -0.25) is 9.98 Å². The van der Waals surface area contributed by atoms with Gasteiger partial charge in [-0.25, -0.2) is 0 Å². The van der Waals surface area contributed by atoms with Crippen LogP contribution in [0.25, 0.3) is 22.9 Å². The van der Waals surface area contributed by atoms with Crippen LogP contribution in [0, 0.1) is 19.8 Å². The average molecular weight is 483 g/mol. The maximum Gasteiger partial charge on any atom is 0.0949 e. The summed E-state index contributed by atoms with van der Waals surface area (Å²) in [4.78, 5) is 10.1. The van der Waals surface area contributed by atoms with E-state index in [1.165, 1.54) is 44.5 Å². The van der Waals surface area contributed by atoms with Crippen molar-refractivity contribution in [1.82, 2.24) is 4.98 Å². The second-order valence-electron chi connectivity index (χ2n) is 10.2. The third-order valence-electron chi connectivity index (χ3n) is 6.96. The molecular formula is C35H34N2. The van der Waals surface area contributed by atoms with Crippen LogP contribution in [0.4, 0.5) is 0 Å². The first-order valence-corrected chi connectivity index (χ1v) is 13.1. The Balaban J connectivity index is 1.60. The molecule has 0 amide bonds. The SMILES string of the molecule is CC1=CC(c2ccccc2/C=C(\c2ccccc2-c2cc(C)cc(C)n2)C(C)C)N=C1c1ccccc1. The topological polar surface area (TPSA) is 25.2 Å². The summed E-state index contributed by atoms with van der Waals surface area (Å²) < 4.78 is 0. The third-order valence-corrected chi connectivity index (χ3v) is 6.96. The molecule has 4 aromatic rings. The summed E-state index contributed by atoms with van der Waals surface area (Å²) in [6.45, 7) is 10.9. The van der Waals surface area contributed by atoms with E-state index in [0.29, 0.717) is 5.92 Å². The molecule has 37 heavy (non-hydrogen) atoms. The van der Waals surface area contributed by atoms with Gasteiger partial charge in [0.2, 0.25) is 0 Å². The van der Waals surface area contributed by atoms with Crippen LogP contribution in [0.3, 0.4) is 0 Å². The van der Waals surface area contributed by atoms with Crippen molar-refractivity contribution in [3.63, 3.8) is 0 Å². The minimum absolute atomic E-state index is 0.00685. The largest absolute Gasteiger partial charge is 0.272 e. The predicted molar refractivity (Wildman–Crippen MR) is 158 cm³/mol. The predicted octanol–water partition coefficient (Wildman–Crippen LogP) is 9.05. The number of nitrogens with zero attached hydrogens (tertiary/aromatic N) is 2. The van der Waals surface area contributed by atoms with E-state index in [1.54, 1.807) is 0 Å². The second-order valence-corrected chi connectivity index (χ2v) is 10.2. The molecule has 3 aromatic carbocycles. The molecule has 2 nitrogen and oxygen atoms in total. The molecule has 0 saturated carbocycles. The Hall–Kier alpha value is -4.04. The van der Waals surface area contributed by atoms with E-state index in [2.05, 4.69) is 138 Å². The molecule has 0 bridgehead atoms. The highest BCUT2D eigenvalue weighted by Gasteiger charge is 2.21. The quantitative estimate of drug-likeness (QED) is 0.252. The van der Waals surface area contributed by atoms with Crippen LogP contribution in [-0.2, 0) is 0 Å². The van der Waals surface area contributed by atoms with Gasteiger partial charge in [-0.05, 0) is 77.8 Å². The van der Waals surface area contributed by atoms with Crippen molar-refractivity contribution >= 4 is 17.4 Å². The first-order valence-electron chi connectivity index (χ1n) is 13.1. The van der Waals surface area contributed by atoms with Gasteiger partial charge in [0.25, 0.3) is 0 Å². The van der Waals surface area contributed by atoms with Crippen molar-refractivity contribution in [3.8, 4) is 11.3 Å². The van der Waals surface area contributed by atoms with Crippen LogP contribution in [0.5, 0.6) is 0 Å². The number of benzene rings is 3. The number of pyridine rings is 1. The molecule has 1 atom stereocenters. The van der Waals surface area contributed by atoms with E-state index >= 15 is 0 Å². The number of hydrogen-bond acceptors (Lipinski definition) is 2. The van der Waals surface area contributed by atoms with Crippen molar-refractivity contribution in [2.75, 3.05) is 0 Å². The Labute approximate surface area is 221 Å². The van der Waals surface area contributed by atoms with Gasteiger partial charge in [-0.15, -0.1) is 0 Å². The van der Waals surface area contributed by atoms with Crippen LogP contribution >= 0.6 is 0 Å². The van der Waals surface area contributed by atoms with Crippen LogP contribution < -0.4 is 0 Å². The number of hydrogen-bond donors (Lipinski definition) is 0. The second kappa shape index (κ2) is 10.5. The molecule has 2 heteroatoms. The minimum atomic E-state index is 0.00685. The van der Waals surface area contributed by atoms with Gasteiger partial charge >= 0.3 is 0 Å². The van der Waals surface area contributed by atoms with Crippen molar-refractivity contribution < 1.29 is 0 Å². The number of rotatable bonds is 6. The van der Waals surface area contributed by atoms with Crippen LogP contribution in [0.1, 0.15) is 60.3 Å². The minimum Gasteiger partial charge on any atom is -0.272 e. The third kappa shape index (κ3) is 5.24. The molecule has 2 heterocycles. The summed E-state index contributed by atoms with van der Waals surface area (Å²) in [5.41, 5.74) is 12.9. The van der Waals surface area contributed by atoms with E-state index in [9.17, 15) is 0 Å². The van der Waals surface area contributed by atoms with Crippen molar-refractivity contribution in [1.29, 1.82) is 0 Å². The fourth-order valence-electron chi connectivity index (χ4n) is 5.22. The van der Waals surface area contributed by atoms with Gasteiger partial charge in [0, 0.05) is 11.3 Å². The molecule has 184 valence electrons. The lowest BCUT2D eigenvalue weighted by atomic mass is 9.87. The number of aliphatic imine (C=N–C) groups is 1. The highest BCUT2D eigenvalue weighted by atomic mass is 14.8. The van der Waals surface area contributed by atoms with Crippen LogP contribution in [0.15, 0.2) is 108 Å². The summed E-state index contributed by atoms with van der Waals surface area (Å²) in [7, 11) is 0. The zero-order valence-corrected chi connectivity index (χ0v) is 22.4. The standard InChI is InChI=1S/C35H34N2/c1-23(2)32(30-17-11-12-18-31(30)33-20-24(3)19-26(5)36-33)22-28-15-9-10-16-29(28)34-21-25(4)35(37-34)27-13-7-6-8-14-27/h6-23,34H,1-5H3/b32-22-. The molecule has 0 fully saturated rings. The molecule has 5 rings (SSSR count). The molecule has 1 unspecified atom stereocenters. The maximum absolute atomic E-state index is 5.16. The number of aryl methyl sites for hydroxylation is 2. The summed E-state index contributed by atoms with van der Waals surface area (Å²) in [5, 5.41) is 0. The summed E-state index contributed by atoms with van der Waals surface area (Å²) >= 11 is 0. The Kier molecular flexibility index (Phi) is 7.01. The Bertz CT molecular complexity index is 1500. The first-order chi connectivity index (χ1) is 17.9. The van der Waals surface area contributed by atoms with E-state index in [4.69, 9.17) is 9.98 Å². The molecule has 1 aromatic heterocycles. The molecule has 0 radical (unpaired) electrons. The van der Waals surface area contributed by atoms with E-state index in [0.717, 1.165) is 17.1 Å². The number of allylic oxidation sites excluding steroid dienone is 2. The smallest absolute Gasteiger partial charge is 0.0949 e. The van der Waals surface area contributed by atoms with E-state index in [-0.39, 0.29) is 6.04 Å². The first kappa shape index (κ1) is 24.6. The van der Waals surface area contributed by atoms with Gasteiger partial charge in [0.05, 0.1) is 17.4 Å². The van der Waals surface area contributed by atoms with Gasteiger partial charge < -0.3 is 0 Å². The zero-order chi connectivity index (χ0) is 25.9.